The van der Waals surface area contributed by atoms with Crippen molar-refractivity contribution in [3.05, 3.63) is 38.8 Å². The second-order valence-electron chi connectivity index (χ2n) is 5.02. The molecule has 6 heteroatoms. The van der Waals surface area contributed by atoms with Gasteiger partial charge in [0.2, 0.25) is 0 Å². The smallest absolute Gasteiger partial charge is 0.130 e. The number of hydrogen-bond acceptors (Lipinski definition) is 4. The fourth-order valence-corrected chi connectivity index (χ4v) is 3.38. The Balaban J connectivity index is 1.88. The maximum absolute atomic E-state index is 6.26. The molecule has 20 heavy (non-hydrogen) atoms. The summed E-state index contributed by atoms with van der Waals surface area (Å²) in [5.74, 6) is 5.67. The van der Waals surface area contributed by atoms with Crippen LogP contribution in [0.4, 0.5) is 0 Å². The Hall–Kier alpha value is -0.880. The molecule has 0 aliphatic heterocycles. The van der Waals surface area contributed by atoms with Crippen molar-refractivity contribution in [1.29, 1.82) is 0 Å². The van der Waals surface area contributed by atoms with Gasteiger partial charge in [-0.25, -0.2) is 0 Å². The molecule has 1 unspecified atom stereocenters. The van der Waals surface area contributed by atoms with Gasteiger partial charge in [-0.2, -0.15) is 5.10 Å². The Morgan fingerprint density at radius 3 is 2.90 bits per heavy atom. The summed E-state index contributed by atoms with van der Waals surface area (Å²) in [6, 6.07) is 4.50. The summed E-state index contributed by atoms with van der Waals surface area (Å²) in [7, 11) is 1.86. The van der Waals surface area contributed by atoms with E-state index in [2.05, 4.69) is 28.0 Å². The van der Waals surface area contributed by atoms with Crippen LogP contribution in [-0.2, 0) is 19.9 Å². The topological polar surface area (TPSA) is 55.9 Å². The van der Waals surface area contributed by atoms with Crippen molar-refractivity contribution in [2.24, 2.45) is 12.9 Å². The molecule has 0 amide bonds. The Morgan fingerprint density at radius 1 is 1.55 bits per heavy atom. The molecule has 0 spiro atoms. The van der Waals surface area contributed by atoms with Crippen LogP contribution in [0.15, 0.2) is 17.5 Å². The number of aromatic nitrogens is 2. The third kappa shape index (κ3) is 3.82. The monoisotopic (exact) mass is 312 g/mol. The molecule has 0 aliphatic carbocycles. The van der Waals surface area contributed by atoms with Gasteiger partial charge in [-0.3, -0.25) is 16.0 Å². The fraction of sp³-hybridized carbons (Fsp3) is 0.500. The van der Waals surface area contributed by atoms with Crippen LogP contribution in [-0.4, -0.2) is 15.8 Å². The highest BCUT2D eigenvalue weighted by Gasteiger charge is 2.16. The average molecular weight is 313 g/mol. The molecule has 2 rings (SSSR count). The first kappa shape index (κ1) is 15.5. The lowest BCUT2D eigenvalue weighted by molar-refractivity contribution is 0.476. The van der Waals surface area contributed by atoms with Gasteiger partial charge in [0.25, 0.3) is 0 Å². The fourth-order valence-electron chi connectivity index (χ4n) is 2.37. The number of halogens is 1. The average Bonchev–Trinajstić information content (AvgIpc) is 3.01. The van der Waals surface area contributed by atoms with Crippen molar-refractivity contribution in [1.82, 2.24) is 15.2 Å². The minimum absolute atomic E-state index is 0.232. The lowest BCUT2D eigenvalue weighted by atomic mass is 10.0. The molecular weight excluding hydrogens is 292 g/mol. The van der Waals surface area contributed by atoms with Crippen LogP contribution >= 0.6 is 22.9 Å². The molecule has 1 atom stereocenters. The maximum Gasteiger partial charge on any atom is 0.130 e. The van der Waals surface area contributed by atoms with Crippen molar-refractivity contribution < 1.29 is 0 Å². The van der Waals surface area contributed by atoms with E-state index in [1.165, 1.54) is 4.88 Å². The van der Waals surface area contributed by atoms with E-state index < -0.39 is 0 Å². The normalized spacial score (nSPS) is 12.8. The van der Waals surface area contributed by atoms with Gasteiger partial charge in [0.15, 0.2) is 0 Å². The van der Waals surface area contributed by atoms with E-state index in [9.17, 15) is 0 Å². The van der Waals surface area contributed by atoms with Gasteiger partial charge in [0.05, 0.1) is 5.69 Å². The minimum Gasteiger partial charge on any atom is -0.271 e. The predicted octanol–water partition coefficient (Wildman–Crippen LogP) is 2.84. The zero-order chi connectivity index (χ0) is 14.5. The zero-order valence-corrected chi connectivity index (χ0v) is 13.5. The van der Waals surface area contributed by atoms with Crippen molar-refractivity contribution in [3.63, 3.8) is 0 Å². The van der Waals surface area contributed by atoms with Crippen LogP contribution in [0.5, 0.6) is 0 Å². The van der Waals surface area contributed by atoms with E-state index in [0.29, 0.717) is 5.15 Å². The molecule has 0 fully saturated rings. The molecule has 0 bridgehead atoms. The van der Waals surface area contributed by atoms with E-state index in [0.717, 1.165) is 36.9 Å². The van der Waals surface area contributed by atoms with Crippen LogP contribution in [0.25, 0.3) is 0 Å². The van der Waals surface area contributed by atoms with Gasteiger partial charge in [0, 0.05) is 23.5 Å². The maximum atomic E-state index is 6.26. The molecule has 0 saturated carbocycles. The highest BCUT2D eigenvalue weighted by Crippen LogP contribution is 2.21. The van der Waals surface area contributed by atoms with Gasteiger partial charge in [-0.15, -0.1) is 11.3 Å². The molecule has 0 aromatic carbocycles. The van der Waals surface area contributed by atoms with Gasteiger partial charge in [-0.1, -0.05) is 17.7 Å². The van der Waals surface area contributed by atoms with Crippen LogP contribution in [0.1, 0.15) is 29.0 Å². The van der Waals surface area contributed by atoms with Crippen molar-refractivity contribution in [3.8, 4) is 0 Å². The summed E-state index contributed by atoms with van der Waals surface area (Å²) >= 11 is 8.07. The predicted molar refractivity (Wildman–Crippen MR) is 85.0 cm³/mol. The van der Waals surface area contributed by atoms with Gasteiger partial charge in [-0.05, 0) is 44.1 Å². The molecule has 2 aromatic heterocycles. The number of hydrogen-bond donors (Lipinski definition) is 2. The molecule has 0 saturated heterocycles. The molecule has 2 aromatic rings. The Labute approximate surface area is 128 Å². The molecule has 0 aliphatic rings. The van der Waals surface area contributed by atoms with Crippen molar-refractivity contribution in [2.75, 3.05) is 0 Å². The number of rotatable bonds is 7. The number of nitrogens with two attached hydrogens (primary N) is 1. The minimum atomic E-state index is 0.232. The Bertz CT molecular complexity index is 536. The molecule has 2 heterocycles. The third-order valence-electron chi connectivity index (χ3n) is 3.51. The van der Waals surface area contributed by atoms with E-state index in [4.69, 9.17) is 17.4 Å². The number of hydrazine groups is 1. The van der Waals surface area contributed by atoms with Crippen LogP contribution in [0.3, 0.4) is 0 Å². The van der Waals surface area contributed by atoms with Crippen molar-refractivity contribution in [2.45, 2.75) is 38.6 Å². The molecule has 3 N–H and O–H groups in total. The van der Waals surface area contributed by atoms with Crippen molar-refractivity contribution >= 4 is 22.9 Å². The summed E-state index contributed by atoms with van der Waals surface area (Å²) in [4.78, 5) is 1.43. The summed E-state index contributed by atoms with van der Waals surface area (Å²) in [6.45, 7) is 1.99. The summed E-state index contributed by atoms with van der Waals surface area (Å²) in [5.41, 5.74) is 4.98. The largest absolute Gasteiger partial charge is 0.271 e. The molecule has 0 radical (unpaired) electrons. The van der Waals surface area contributed by atoms with Gasteiger partial charge < -0.3 is 0 Å². The van der Waals surface area contributed by atoms with E-state index in [1.54, 1.807) is 4.68 Å². The van der Waals surface area contributed by atoms with Gasteiger partial charge >= 0.3 is 0 Å². The molecule has 4 nitrogen and oxygen atoms in total. The number of nitrogens with one attached hydrogen (secondary N) is 1. The van der Waals surface area contributed by atoms with Crippen LogP contribution < -0.4 is 11.3 Å². The van der Waals surface area contributed by atoms with Crippen LogP contribution in [0, 0.1) is 6.92 Å². The Kier molecular flexibility index (Phi) is 5.60. The lowest BCUT2D eigenvalue weighted by Crippen LogP contribution is -2.37. The summed E-state index contributed by atoms with van der Waals surface area (Å²) in [5, 5.41) is 7.16. The first-order chi connectivity index (χ1) is 9.61. The molecule has 110 valence electrons. The van der Waals surface area contributed by atoms with E-state index in [-0.39, 0.29) is 6.04 Å². The zero-order valence-electron chi connectivity index (χ0n) is 11.9. The summed E-state index contributed by atoms with van der Waals surface area (Å²) in [6.07, 6.45) is 4.07. The molecular formula is C14H21ClN4S. The van der Waals surface area contributed by atoms with E-state index >= 15 is 0 Å². The lowest BCUT2D eigenvalue weighted by Gasteiger charge is -2.15. The highest BCUT2D eigenvalue weighted by atomic mass is 35.5. The number of aryl methyl sites for hydroxylation is 3. The standard InChI is InChI=1S/C14H21ClN4S/c1-10-13(14(15)19(2)18-10)9-11(17-16)5-3-6-12-7-4-8-20-12/h4,7-8,11,17H,3,5-6,9,16H2,1-2H3. The highest BCUT2D eigenvalue weighted by molar-refractivity contribution is 7.09. The quantitative estimate of drug-likeness (QED) is 0.610. The number of nitrogens with zero attached hydrogens (tertiary/aromatic N) is 2. The summed E-state index contributed by atoms with van der Waals surface area (Å²) < 4.78 is 1.71. The van der Waals surface area contributed by atoms with Crippen LogP contribution in [0.2, 0.25) is 5.15 Å². The first-order valence-corrected chi connectivity index (χ1v) is 8.04. The first-order valence-electron chi connectivity index (χ1n) is 6.78. The number of thiophene rings is 1. The SMILES string of the molecule is Cc1nn(C)c(Cl)c1CC(CCCc1cccs1)NN. The van der Waals surface area contributed by atoms with E-state index in [1.807, 2.05) is 25.3 Å². The van der Waals surface area contributed by atoms with Gasteiger partial charge in [0.1, 0.15) is 5.15 Å². The Morgan fingerprint density at radius 2 is 2.35 bits per heavy atom. The third-order valence-corrected chi connectivity index (χ3v) is 4.92. The second-order valence-corrected chi connectivity index (χ2v) is 6.41. The second kappa shape index (κ2) is 7.22.